The highest BCUT2D eigenvalue weighted by Crippen LogP contribution is 2.21. The summed E-state index contributed by atoms with van der Waals surface area (Å²) in [5, 5.41) is 11.1. The lowest BCUT2D eigenvalue weighted by Gasteiger charge is -2.18. The standard InChI is InChI=1S/C14H19NO4/c1-8-6-5-7-12(9(8)2)19-11(4)13(16)15-10(3)14(17)18/h5-7,10-11H,1-4H3,(H,15,16)(H,17,18). The van der Waals surface area contributed by atoms with Crippen LogP contribution in [0.1, 0.15) is 25.0 Å². The lowest BCUT2D eigenvalue weighted by molar-refractivity contribution is -0.142. The van der Waals surface area contributed by atoms with E-state index in [1.807, 2.05) is 26.0 Å². The van der Waals surface area contributed by atoms with Crippen molar-refractivity contribution in [1.29, 1.82) is 0 Å². The van der Waals surface area contributed by atoms with Gasteiger partial charge in [0.15, 0.2) is 6.10 Å². The number of aliphatic carboxylic acids is 1. The number of ether oxygens (including phenoxy) is 1. The van der Waals surface area contributed by atoms with Crippen molar-refractivity contribution in [1.82, 2.24) is 5.32 Å². The predicted molar refractivity (Wildman–Crippen MR) is 71.2 cm³/mol. The number of hydrogen-bond acceptors (Lipinski definition) is 3. The Hall–Kier alpha value is -2.04. The lowest BCUT2D eigenvalue weighted by Crippen LogP contribution is -2.44. The average molecular weight is 265 g/mol. The minimum absolute atomic E-state index is 0.448. The van der Waals surface area contributed by atoms with E-state index in [0.29, 0.717) is 5.75 Å². The predicted octanol–water partition coefficient (Wildman–Crippen LogP) is 1.66. The number of carbonyl (C=O) groups is 2. The zero-order chi connectivity index (χ0) is 14.6. The molecular formula is C14H19NO4. The molecule has 104 valence electrons. The van der Waals surface area contributed by atoms with Crippen LogP contribution in [-0.4, -0.2) is 29.1 Å². The molecule has 0 aromatic heterocycles. The summed E-state index contributed by atoms with van der Waals surface area (Å²) in [6.45, 7) is 6.87. The third-order valence-electron chi connectivity index (χ3n) is 2.96. The highest BCUT2D eigenvalue weighted by atomic mass is 16.5. The number of carboxylic acid groups (broad SMARTS) is 1. The van der Waals surface area contributed by atoms with E-state index in [2.05, 4.69) is 5.32 Å². The molecule has 0 saturated carbocycles. The van der Waals surface area contributed by atoms with E-state index in [0.717, 1.165) is 11.1 Å². The average Bonchev–Trinajstić information content (AvgIpc) is 2.34. The van der Waals surface area contributed by atoms with Crippen LogP contribution in [0, 0.1) is 13.8 Å². The number of hydrogen-bond donors (Lipinski definition) is 2. The van der Waals surface area contributed by atoms with E-state index in [4.69, 9.17) is 9.84 Å². The minimum Gasteiger partial charge on any atom is -0.481 e. The van der Waals surface area contributed by atoms with Gasteiger partial charge in [0.1, 0.15) is 11.8 Å². The van der Waals surface area contributed by atoms with Gasteiger partial charge in [-0.05, 0) is 44.9 Å². The SMILES string of the molecule is Cc1cccc(OC(C)C(=O)NC(C)C(=O)O)c1C. The molecule has 19 heavy (non-hydrogen) atoms. The van der Waals surface area contributed by atoms with Crippen molar-refractivity contribution in [3.05, 3.63) is 29.3 Å². The third-order valence-corrected chi connectivity index (χ3v) is 2.96. The van der Waals surface area contributed by atoms with Gasteiger partial charge in [-0.2, -0.15) is 0 Å². The van der Waals surface area contributed by atoms with Gasteiger partial charge in [-0.3, -0.25) is 9.59 Å². The van der Waals surface area contributed by atoms with Gasteiger partial charge < -0.3 is 15.2 Å². The van der Waals surface area contributed by atoms with Crippen LogP contribution >= 0.6 is 0 Å². The lowest BCUT2D eigenvalue weighted by atomic mass is 10.1. The molecule has 1 aromatic carbocycles. The van der Waals surface area contributed by atoms with E-state index < -0.39 is 24.0 Å². The van der Waals surface area contributed by atoms with Gasteiger partial charge in [-0.1, -0.05) is 12.1 Å². The monoisotopic (exact) mass is 265 g/mol. The minimum atomic E-state index is -1.08. The number of carboxylic acids is 1. The topological polar surface area (TPSA) is 75.6 Å². The first-order valence-electron chi connectivity index (χ1n) is 6.09. The van der Waals surface area contributed by atoms with Crippen molar-refractivity contribution >= 4 is 11.9 Å². The summed E-state index contributed by atoms with van der Waals surface area (Å²) >= 11 is 0. The van der Waals surface area contributed by atoms with Crippen LogP contribution in [0.3, 0.4) is 0 Å². The fourth-order valence-electron chi connectivity index (χ4n) is 1.49. The first-order chi connectivity index (χ1) is 8.82. The molecule has 2 unspecified atom stereocenters. The van der Waals surface area contributed by atoms with Crippen molar-refractivity contribution in [2.75, 3.05) is 0 Å². The number of amides is 1. The van der Waals surface area contributed by atoms with Gasteiger partial charge in [0, 0.05) is 0 Å². The zero-order valence-corrected chi connectivity index (χ0v) is 11.6. The van der Waals surface area contributed by atoms with Gasteiger partial charge in [-0.15, -0.1) is 0 Å². The molecule has 0 fully saturated rings. The molecule has 2 N–H and O–H groups in total. The van der Waals surface area contributed by atoms with Gasteiger partial charge in [0.05, 0.1) is 0 Å². The van der Waals surface area contributed by atoms with Gasteiger partial charge in [0.2, 0.25) is 0 Å². The summed E-state index contributed by atoms with van der Waals surface area (Å²) in [5.41, 5.74) is 2.04. The van der Waals surface area contributed by atoms with Crippen LogP contribution in [0.5, 0.6) is 5.75 Å². The zero-order valence-electron chi connectivity index (χ0n) is 11.6. The van der Waals surface area contributed by atoms with Crippen LogP contribution in [0.25, 0.3) is 0 Å². The first-order valence-corrected chi connectivity index (χ1v) is 6.09. The number of nitrogens with one attached hydrogen (secondary N) is 1. The normalized spacial score (nSPS) is 13.5. The van der Waals surface area contributed by atoms with E-state index in [-0.39, 0.29) is 0 Å². The molecule has 0 bridgehead atoms. The Kier molecular flexibility index (Phi) is 4.92. The van der Waals surface area contributed by atoms with Crippen LogP contribution in [0.15, 0.2) is 18.2 Å². The highest BCUT2D eigenvalue weighted by molar-refractivity contribution is 5.86. The summed E-state index contributed by atoms with van der Waals surface area (Å²) in [6.07, 6.45) is -0.748. The smallest absolute Gasteiger partial charge is 0.325 e. The molecule has 0 aliphatic carbocycles. The highest BCUT2D eigenvalue weighted by Gasteiger charge is 2.20. The Bertz CT molecular complexity index is 484. The molecule has 0 aliphatic heterocycles. The summed E-state index contributed by atoms with van der Waals surface area (Å²) in [6, 6.07) is 4.66. The largest absolute Gasteiger partial charge is 0.481 e. The second-order valence-corrected chi connectivity index (χ2v) is 4.53. The van der Waals surface area contributed by atoms with Crippen LogP contribution in [0.4, 0.5) is 0 Å². The summed E-state index contributed by atoms with van der Waals surface area (Å²) in [7, 11) is 0. The maximum atomic E-state index is 11.8. The Balaban J connectivity index is 2.69. The van der Waals surface area contributed by atoms with E-state index in [1.165, 1.54) is 6.92 Å². The summed E-state index contributed by atoms with van der Waals surface area (Å²) in [5.74, 6) is -0.895. The molecule has 0 saturated heterocycles. The van der Waals surface area contributed by atoms with E-state index >= 15 is 0 Å². The molecule has 0 spiro atoms. The summed E-state index contributed by atoms with van der Waals surface area (Å²) in [4.78, 5) is 22.4. The van der Waals surface area contributed by atoms with Crippen LogP contribution < -0.4 is 10.1 Å². The fraction of sp³-hybridized carbons (Fsp3) is 0.429. The molecule has 1 amide bonds. The van der Waals surface area contributed by atoms with Crippen LogP contribution in [0.2, 0.25) is 0 Å². The van der Waals surface area contributed by atoms with Crippen molar-refractivity contribution < 1.29 is 19.4 Å². The molecule has 5 nitrogen and oxygen atoms in total. The van der Waals surface area contributed by atoms with Gasteiger partial charge in [0.25, 0.3) is 5.91 Å². The third kappa shape index (κ3) is 3.98. The molecule has 1 rings (SSSR count). The quantitative estimate of drug-likeness (QED) is 0.849. The molecule has 5 heteroatoms. The fourth-order valence-corrected chi connectivity index (χ4v) is 1.49. The van der Waals surface area contributed by atoms with Crippen molar-refractivity contribution in [3.8, 4) is 5.75 Å². The maximum Gasteiger partial charge on any atom is 0.325 e. The maximum absolute atomic E-state index is 11.8. The molecule has 2 atom stereocenters. The number of carbonyl (C=O) groups excluding carboxylic acids is 1. The van der Waals surface area contributed by atoms with E-state index in [1.54, 1.807) is 13.0 Å². The van der Waals surface area contributed by atoms with Crippen molar-refractivity contribution in [2.24, 2.45) is 0 Å². The second-order valence-electron chi connectivity index (χ2n) is 4.53. The summed E-state index contributed by atoms with van der Waals surface area (Å²) < 4.78 is 5.56. The number of rotatable bonds is 5. The first kappa shape index (κ1) is 15.0. The van der Waals surface area contributed by atoms with Crippen LogP contribution in [-0.2, 0) is 9.59 Å². The Labute approximate surface area is 112 Å². The van der Waals surface area contributed by atoms with Crippen molar-refractivity contribution in [3.63, 3.8) is 0 Å². The van der Waals surface area contributed by atoms with E-state index in [9.17, 15) is 9.59 Å². The van der Waals surface area contributed by atoms with Gasteiger partial charge in [-0.25, -0.2) is 0 Å². The molecular weight excluding hydrogens is 246 g/mol. The number of aryl methyl sites for hydroxylation is 1. The Morgan fingerprint density at radius 3 is 2.47 bits per heavy atom. The molecule has 0 aliphatic rings. The molecule has 0 heterocycles. The second kappa shape index (κ2) is 6.22. The van der Waals surface area contributed by atoms with Gasteiger partial charge >= 0.3 is 5.97 Å². The number of benzene rings is 1. The Morgan fingerprint density at radius 1 is 1.26 bits per heavy atom. The molecule has 0 radical (unpaired) electrons. The van der Waals surface area contributed by atoms with Crippen molar-refractivity contribution in [2.45, 2.75) is 39.8 Å². The Morgan fingerprint density at radius 2 is 1.89 bits per heavy atom. The molecule has 1 aromatic rings.